The fourth-order valence-corrected chi connectivity index (χ4v) is 2.47. The number of nitrogens with zero attached hydrogens (tertiary/aromatic N) is 1. The molecule has 2 aliphatic rings. The lowest BCUT2D eigenvalue weighted by atomic mass is 9.98. The molecular weight excluding hydrogens is 274 g/mol. The number of nitrogens with one attached hydrogen (secondary N) is 2. The number of ether oxygens (including phenoxy) is 1. The second kappa shape index (κ2) is 7.40. The number of piperidine rings is 1. The number of esters is 1. The van der Waals surface area contributed by atoms with Crippen molar-refractivity contribution in [3.63, 3.8) is 0 Å². The van der Waals surface area contributed by atoms with Gasteiger partial charge in [-0.05, 0) is 39.2 Å². The zero-order valence-electron chi connectivity index (χ0n) is 12.4. The summed E-state index contributed by atoms with van der Waals surface area (Å²) in [6.07, 6.45) is 3.61. The molecule has 2 rings (SSSR count). The molecule has 0 bridgehead atoms. The predicted molar refractivity (Wildman–Crippen MR) is 75.5 cm³/mol. The smallest absolute Gasteiger partial charge is 0.321 e. The van der Waals surface area contributed by atoms with Crippen molar-refractivity contribution in [2.75, 3.05) is 26.2 Å². The van der Waals surface area contributed by atoms with E-state index in [2.05, 4.69) is 10.6 Å². The number of carbonyl (C=O) groups is 3. The number of imide groups is 1. The Balaban J connectivity index is 1.72. The van der Waals surface area contributed by atoms with Gasteiger partial charge in [0.25, 0.3) is 0 Å². The van der Waals surface area contributed by atoms with Gasteiger partial charge in [-0.1, -0.05) is 0 Å². The van der Waals surface area contributed by atoms with E-state index in [0.29, 0.717) is 13.2 Å². The van der Waals surface area contributed by atoms with E-state index in [1.807, 2.05) is 4.90 Å². The first kappa shape index (κ1) is 15.8. The molecule has 1 atom stereocenters. The van der Waals surface area contributed by atoms with Crippen molar-refractivity contribution in [2.45, 2.75) is 38.6 Å². The second-order valence-corrected chi connectivity index (χ2v) is 5.62. The minimum atomic E-state index is -0.429. The van der Waals surface area contributed by atoms with Gasteiger partial charge in [-0.2, -0.15) is 0 Å². The molecule has 0 aromatic carbocycles. The molecule has 21 heavy (non-hydrogen) atoms. The van der Waals surface area contributed by atoms with Crippen LogP contribution < -0.4 is 10.6 Å². The van der Waals surface area contributed by atoms with E-state index in [9.17, 15) is 14.4 Å². The van der Waals surface area contributed by atoms with E-state index in [1.165, 1.54) is 0 Å². The molecule has 1 aliphatic carbocycles. The highest BCUT2D eigenvalue weighted by Crippen LogP contribution is 2.18. The average Bonchev–Trinajstić information content (AvgIpc) is 3.22. The molecule has 7 nitrogen and oxygen atoms in total. The summed E-state index contributed by atoms with van der Waals surface area (Å²) in [6, 6.07) is -0.206. The molecule has 1 saturated heterocycles. The lowest BCUT2D eigenvalue weighted by molar-refractivity contribution is -0.150. The lowest BCUT2D eigenvalue weighted by Crippen LogP contribution is -2.48. The van der Waals surface area contributed by atoms with Crippen molar-refractivity contribution in [2.24, 2.45) is 5.92 Å². The standard InChI is InChI=1S/C14H23N3O4/c1-2-21-13(19)10-4-3-7-17(8-10)9-12(18)16-14(20)15-11-5-6-11/h10-11H,2-9H2,1H3,(H2,15,16,18,20)/t10-/m0/s1. The number of amides is 3. The SMILES string of the molecule is CCOC(=O)[C@H]1CCCN(CC(=O)NC(=O)NC2CC2)C1. The first-order valence-corrected chi connectivity index (χ1v) is 7.57. The maximum atomic E-state index is 11.8. The van der Waals surface area contributed by atoms with Gasteiger partial charge in [0.2, 0.25) is 5.91 Å². The van der Waals surface area contributed by atoms with Crippen LogP contribution in [0.1, 0.15) is 32.6 Å². The highest BCUT2D eigenvalue weighted by Gasteiger charge is 2.28. The Labute approximate surface area is 124 Å². The van der Waals surface area contributed by atoms with Gasteiger partial charge in [0, 0.05) is 12.6 Å². The summed E-state index contributed by atoms with van der Waals surface area (Å²) in [5.74, 6) is -0.710. The fourth-order valence-electron chi connectivity index (χ4n) is 2.47. The number of carbonyl (C=O) groups excluding carboxylic acids is 3. The monoisotopic (exact) mass is 297 g/mol. The number of hydrogen-bond acceptors (Lipinski definition) is 5. The summed E-state index contributed by atoms with van der Waals surface area (Å²) in [6.45, 7) is 3.56. The molecule has 1 saturated carbocycles. The van der Waals surface area contributed by atoms with Crippen LogP contribution in [0, 0.1) is 5.92 Å². The molecule has 3 amide bonds. The maximum absolute atomic E-state index is 11.8. The molecule has 7 heteroatoms. The first-order valence-electron chi connectivity index (χ1n) is 7.57. The normalized spacial score (nSPS) is 22.4. The molecule has 118 valence electrons. The Morgan fingerprint density at radius 2 is 2.00 bits per heavy atom. The summed E-state index contributed by atoms with van der Waals surface area (Å²) < 4.78 is 5.02. The molecular formula is C14H23N3O4. The Kier molecular flexibility index (Phi) is 5.55. The fraction of sp³-hybridized carbons (Fsp3) is 0.786. The van der Waals surface area contributed by atoms with E-state index < -0.39 is 6.03 Å². The van der Waals surface area contributed by atoms with Crippen LogP contribution in [0.5, 0.6) is 0 Å². The molecule has 0 spiro atoms. The van der Waals surface area contributed by atoms with Crippen LogP contribution in [0.4, 0.5) is 4.79 Å². The van der Waals surface area contributed by atoms with Gasteiger partial charge < -0.3 is 10.1 Å². The molecule has 0 radical (unpaired) electrons. The summed E-state index contributed by atoms with van der Waals surface area (Å²) in [5, 5.41) is 5.02. The topological polar surface area (TPSA) is 87.7 Å². The van der Waals surface area contributed by atoms with Crippen molar-refractivity contribution in [3.05, 3.63) is 0 Å². The average molecular weight is 297 g/mol. The number of likely N-dealkylation sites (tertiary alicyclic amines) is 1. The van der Waals surface area contributed by atoms with Crippen LogP contribution in [-0.2, 0) is 14.3 Å². The van der Waals surface area contributed by atoms with Crippen molar-refractivity contribution >= 4 is 17.9 Å². The molecule has 0 aromatic heterocycles. The van der Waals surface area contributed by atoms with Gasteiger partial charge in [0.05, 0.1) is 19.1 Å². The third-order valence-corrected chi connectivity index (χ3v) is 3.66. The van der Waals surface area contributed by atoms with E-state index in [-0.39, 0.29) is 30.4 Å². The van der Waals surface area contributed by atoms with Gasteiger partial charge in [0.1, 0.15) is 0 Å². The van der Waals surface area contributed by atoms with E-state index in [1.54, 1.807) is 6.92 Å². The van der Waals surface area contributed by atoms with Crippen LogP contribution in [0.2, 0.25) is 0 Å². The number of urea groups is 1. The van der Waals surface area contributed by atoms with Gasteiger partial charge in [-0.25, -0.2) is 4.79 Å². The molecule has 2 N–H and O–H groups in total. The lowest BCUT2D eigenvalue weighted by Gasteiger charge is -2.30. The van der Waals surface area contributed by atoms with Crippen LogP contribution >= 0.6 is 0 Å². The van der Waals surface area contributed by atoms with Crippen molar-refractivity contribution < 1.29 is 19.1 Å². The van der Waals surface area contributed by atoms with E-state index in [4.69, 9.17) is 4.74 Å². The number of hydrogen-bond donors (Lipinski definition) is 2. The zero-order valence-corrected chi connectivity index (χ0v) is 12.4. The molecule has 2 fully saturated rings. The molecule has 0 aromatic rings. The largest absolute Gasteiger partial charge is 0.466 e. The quantitative estimate of drug-likeness (QED) is 0.710. The highest BCUT2D eigenvalue weighted by molar-refractivity contribution is 5.95. The maximum Gasteiger partial charge on any atom is 0.321 e. The van der Waals surface area contributed by atoms with Gasteiger partial charge in [-0.3, -0.25) is 19.8 Å². The Hall–Kier alpha value is -1.63. The third kappa shape index (κ3) is 5.34. The molecule has 0 unspecified atom stereocenters. The van der Waals surface area contributed by atoms with Crippen molar-refractivity contribution in [1.82, 2.24) is 15.5 Å². The Morgan fingerprint density at radius 1 is 1.24 bits per heavy atom. The highest BCUT2D eigenvalue weighted by atomic mass is 16.5. The Morgan fingerprint density at radius 3 is 2.67 bits per heavy atom. The van der Waals surface area contributed by atoms with Crippen LogP contribution in [0.3, 0.4) is 0 Å². The van der Waals surface area contributed by atoms with Gasteiger partial charge in [0.15, 0.2) is 0 Å². The first-order chi connectivity index (χ1) is 10.1. The summed E-state index contributed by atoms with van der Waals surface area (Å²) >= 11 is 0. The summed E-state index contributed by atoms with van der Waals surface area (Å²) in [4.78, 5) is 36.9. The minimum Gasteiger partial charge on any atom is -0.466 e. The molecule has 1 heterocycles. The zero-order chi connectivity index (χ0) is 15.2. The molecule has 1 aliphatic heterocycles. The van der Waals surface area contributed by atoms with Crippen LogP contribution in [0.25, 0.3) is 0 Å². The predicted octanol–water partition coefficient (Wildman–Crippen LogP) is 0.250. The van der Waals surface area contributed by atoms with E-state index in [0.717, 1.165) is 32.2 Å². The Bertz CT molecular complexity index is 409. The van der Waals surface area contributed by atoms with Gasteiger partial charge in [-0.15, -0.1) is 0 Å². The van der Waals surface area contributed by atoms with Crippen LogP contribution in [-0.4, -0.2) is 55.1 Å². The third-order valence-electron chi connectivity index (χ3n) is 3.66. The van der Waals surface area contributed by atoms with Crippen molar-refractivity contribution in [1.29, 1.82) is 0 Å². The summed E-state index contributed by atoms with van der Waals surface area (Å²) in [5.41, 5.74) is 0. The van der Waals surface area contributed by atoms with Crippen LogP contribution in [0.15, 0.2) is 0 Å². The second-order valence-electron chi connectivity index (χ2n) is 5.62. The van der Waals surface area contributed by atoms with E-state index >= 15 is 0 Å². The minimum absolute atomic E-state index is 0.133. The van der Waals surface area contributed by atoms with Gasteiger partial charge >= 0.3 is 12.0 Å². The number of rotatable bonds is 5. The van der Waals surface area contributed by atoms with Crippen molar-refractivity contribution in [3.8, 4) is 0 Å². The summed E-state index contributed by atoms with van der Waals surface area (Å²) in [7, 11) is 0.